The molecule has 4 N–H and O–H groups in total. The van der Waals surface area contributed by atoms with Crippen LogP contribution in [0.25, 0.3) is 0 Å². The molecule has 0 aromatic carbocycles. The minimum atomic E-state index is -1.05. The molecule has 0 bridgehead atoms. The predicted octanol–water partition coefficient (Wildman–Crippen LogP) is -0.0509. The Kier molecular flexibility index (Phi) is 4.07. The van der Waals surface area contributed by atoms with Gasteiger partial charge in [0.25, 0.3) is 0 Å². The summed E-state index contributed by atoms with van der Waals surface area (Å²) >= 11 is 0. The van der Waals surface area contributed by atoms with Gasteiger partial charge in [0.15, 0.2) is 0 Å². The zero-order valence-electron chi connectivity index (χ0n) is 9.00. The Labute approximate surface area is 83.7 Å². The molecule has 82 valence electrons. The largest absolute Gasteiger partial charge is 0.480 e. The van der Waals surface area contributed by atoms with Crippen LogP contribution in [-0.2, 0) is 9.59 Å². The van der Waals surface area contributed by atoms with E-state index in [-0.39, 0.29) is 0 Å². The van der Waals surface area contributed by atoms with Crippen LogP contribution >= 0.6 is 0 Å². The van der Waals surface area contributed by atoms with Crippen molar-refractivity contribution in [2.45, 2.75) is 39.8 Å². The van der Waals surface area contributed by atoms with Crippen molar-refractivity contribution >= 4 is 11.9 Å². The third-order valence-corrected chi connectivity index (χ3v) is 1.81. The van der Waals surface area contributed by atoms with E-state index in [4.69, 9.17) is 10.8 Å². The monoisotopic (exact) mass is 202 g/mol. The van der Waals surface area contributed by atoms with Gasteiger partial charge in [0, 0.05) is 0 Å². The van der Waals surface area contributed by atoms with E-state index in [1.807, 2.05) is 0 Å². The van der Waals surface area contributed by atoms with Gasteiger partial charge in [-0.15, -0.1) is 0 Å². The summed E-state index contributed by atoms with van der Waals surface area (Å²) in [6.45, 7) is 6.74. The molecule has 0 saturated heterocycles. The number of nitrogens with one attached hydrogen (secondary N) is 1. The van der Waals surface area contributed by atoms with Gasteiger partial charge in [0.2, 0.25) is 5.91 Å². The lowest BCUT2D eigenvalue weighted by Crippen LogP contribution is -2.52. The van der Waals surface area contributed by atoms with Crippen LogP contribution in [0.2, 0.25) is 0 Å². The zero-order chi connectivity index (χ0) is 11.5. The summed E-state index contributed by atoms with van der Waals surface area (Å²) in [5.74, 6) is -1.50. The van der Waals surface area contributed by atoms with Crippen LogP contribution in [0.5, 0.6) is 0 Å². The molecule has 14 heavy (non-hydrogen) atoms. The molecule has 0 fully saturated rings. The summed E-state index contributed by atoms with van der Waals surface area (Å²) in [6.07, 6.45) is 0. The molecular weight excluding hydrogens is 184 g/mol. The highest BCUT2D eigenvalue weighted by Gasteiger charge is 2.32. The third-order valence-electron chi connectivity index (χ3n) is 1.81. The molecule has 0 aromatic rings. The second kappa shape index (κ2) is 4.41. The molecule has 5 heteroatoms. The van der Waals surface area contributed by atoms with Crippen molar-refractivity contribution in [1.82, 2.24) is 5.32 Å². The molecule has 2 atom stereocenters. The maximum Gasteiger partial charge on any atom is 0.326 e. The highest BCUT2D eigenvalue weighted by atomic mass is 16.4. The fraction of sp³-hybridized carbons (Fsp3) is 0.778. The maximum absolute atomic E-state index is 11.2. The van der Waals surface area contributed by atoms with Crippen molar-refractivity contribution in [1.29, 1.82) is 0 Å². The normalized spacial score (nSPS) is 15.8. The first-order valence-corrected chi connectivity index (χ1v) is 4.45. The van der Waals surface area contributed by atoms with Crippen LogP contribution in [0.4, 0.5) is 0 Å². The smallest absolute Gasteiger partial charge is 0.326 e. The highest BCUT2D eigenvalue weighted by Crippen LogP contribution is 2.19. The molecule has 0 aliphatic carbocycles. The van der Waals surface area contributed by atoms with Crippen LogP contribution in [0.15, 0.2) is 0 Å². The molecule has 0 unspecified atom stereocenters. The maximum atomic E-state index is 11.2. The Balaban J connectivity index is 4.56. The first kappa shape index (κ1) is 12.9. The molecular formula is C9H18N2O3. The summed E-state index contributed by atoms with van der Waals surface area (Å²) in [7, 11) is 0. The topological polar surface area (TPSA) is 92.4 Å². The molecule has 5 nitrogen and oxygen atoms in total. The van der Waals surface area contributed by atoms with Crippen molar-refractivity contribution in [3.05, 3.63) is 0 Å². The molecule has 0 spiro atoms. The van der Waals surface area contributed by atoms with Crippen molar-refractivity contribution < 1.29 is 14.7 Å². The summed E-state index contributed by atoms with van der Waals surface area (Å²) < 4.78 is 0. The summed E-state index contributed by atoms with van der Waals surface area (Å²) in [6, 6.07) is -1.61. The second-order valence-corrected chi connectivity index (χ2v) is 4.43. The van der Waals surface area contributed by atoms with E-state index < -0.39 is 29.4 Å². The predicted molar refractivity (Wildman–Crippen MR) is 52.7 cm³/mol. The van der Waals surface area contributed by atoms with Crippen LogP contribution in [0.1, 0.15) is 27.7 Å². The Morgan fingerprint density at radius 1 is 1.36 bits per heavy atom. The van der Waals surface area contributed by atoms with Crippen LogP contribution in [-0.4, -0.2) is 29.1 Å². The Hall–Kier alpha value is -1.10. The molecule has 0 saturated carbocycles. The molecule has 0 aliphatic rings. The standard InChI is InChI=1S/C9H18N2O3/c1-5(10)7(12)11-6(8(13)14)9(2,3)4/h5-6H,10H2,1-4H3,(H,11,12)(H,13,14)/t5-,6-/m1/s1. The van der Waals surface area contributed by atoms with Gasteiger partial charge in [-0.1, -0.05) is 20.8 Å². The van der Waals surface area contributed by atoms with Gasteiger partial charge in [-0.2, -0.15) is 0 Å². The third kappa shape index (κ3) is 3.74. The average Bonchev–Trinajstić information content (AvgIpc) is 1.96. The number of hydrogen-bond acceptors (Lipinski definition) is 3. The number of carboxylic acid groups (broad SMARTS) is 1. The molecule has 0 radical (unpaired) electrons. The Bertz CT molecular complexity index is 231. The van der Waals surface area contributed by atoms with Crippen molar-refractivity contribution in [3.63, 3.8) is 0 Å². The fourth-order valence-electron chi connectivity index (χ4n) is 0.922. The van der Waals surface area contributed by atoms with Gasteiger partial charge in [0.05, 0.1) is 6.04 Å². The lowest BCUT2D eigenvalue weighted by Gasteiger charge is -2.28. The molecule has 1 amide bonds. The lowest BCUT2D eigenvalue weighted by molar-refractivity contribution is -0.145. The van der Waals surface area contributed by atoms with E-state index >= 15 is 0 Å². The van der Waals surface area contributed by atoms with Gasteiger partial charge >= 0.3 is 5.97 Å². The van der Waals surface area contributed by atoms with E-state index in [0.29, 0.717) is 0 Å². The number of carboxylic acids is 1. The highest BCUT2D eigenvalue weighted by molar-refractivity contribution is 5.86. The van der Waals surface area contributed by atoms with E-state index in [1.165, 1.54) is 6.92 Å². The number of nitrogens with two attached hydrogens (primary N) is 1. The molecule has 0 rings (SSSR count). The first-order valence-electron chi connectivity index (χ1n) is 4.45. The van der Waals surface area contributed by atoms with Crippen molar-refractivity contribution in [2.24, 2.45) is 11.1 Å². The summed E-state index contributed by atoms with van der Waals surface area (Å²) in [5.41, 5.74) is 4.79. The Morgan fingerprint density at radius 2 is 1.79 bits per heavy atom. The average molecular weight is 202 g/mol. The van der Waals surface area contributed by atoms with E-state index in [0.717, 1.165) is 0 Å². The minimum Gasteiger partial charge on any atom is -0.480 e. The fourth-order valence-corrected chi connectivity index (χ4v) is 0.922. The number of aliphatic carboxylic acids is 1. The Morgan fingerprint density at radius 3 is 2.00 bits per heavy atom. The number of hydrogen-bond donors (Lipinski definition) is 3. The van der Waals surface area contributed by atoms with Crippen molar-refractivity contribution in [3.8, 4) is 0 Å². The van der Waals surface area contributed by atoms with Gasteiger partial charge in [-0.05, 0) is 12.3 Å². The van der Waals surface area contributed by atoms with Crippen LogP contribution in [0.3, 0.4) is 0 Å². The summed E-state index contributed by atoms with van der Waals surface area (Å²) in [4.78, 5) is 22.1. The van der Waals surface area contributed by atoms with E-state index in [9.17, 15) is 9.59 Å². The van der Waals surface area contributed by atoms with E-state index in [2.05, 4.69) is 5.32 Å². The lowest BCUT2D eigenvalue weighted by atomic mass is 9.86. The van der Waals surface area contributed by atoms with Gasteiger partial charge < -0.3 is 16.2 Å². The molecule has 0 heterocycles. The number of rotatable bonds is 3. The van der Waals surface area contributed by atoms with Gasteiger partial charge in [0.1, 0.15) is 6.04 Å². The summed E-state index contributed by atoms with van der Waals surface area (Å²) in [5, 5.41) is 11.3. The minimum absolute atomic E-state index is 0.452. The van der Waals surface area contributed by atoms with E-state index in [1.54, 1.807) is 20.8 Å². The number of carbonyl (C=O) groups is 2. The second-order valence-electron chi connectivity index (χ2n) is 4.43. The van der Waals surface area contributed by atoms with Crippen molar-refractivity contribution in [2.75, 3.05) is 0 Å². The van der Waals surface area contributed by atoms with Crippen LogP contribution in [0, 0.1) is 5.41 Å². The SMILES string of the molecule is C[C@@H](N)C(=O)N[C@H](C(=O)O)C(C)(C)C. The van der Waals surface area contributed by atoms with Crippen LogP contribution < -0.4 is 11.1 Å². The van der Waals surface area contributed by atoms with Gasteiger partial charge in [-0.25, -0.2) is 4.79 Å². The molecule has 0 aliphatic heterocycles. The zero-order valence-corrected chi connectivity index (χ0v) is 9.00. The first-order chi connectivity index (χ1) is 6.16. The molecule has 0 aromatic heterocycles. The quantitative estimate of drug-likeness (QED) is 0.598. The number of carbonyl (C=O) groups excluding carboxylic acids is 1. The number of amides is 1. The van der Waals surface area contributed by atoms with Gasteiger partial charge in [-0.3, -0.25) is 4.79 Å².